The Morgan fingerprint density at radius 2 is 1.87 bits per heavy atom. The molecule has 1 N–H and O–H groups in total. The number of aldehydes is 1. The molecule has 0 aliphatic heterocycles. The summed E-state index contributed by atoms with van der Waals surface area (Å²) in [4.78, 5) is 10.5. The van der Waals surface area contributed by atoms with Gasteiger partial charge in [0.25, 0.3) is 0 Å². The van der Waals surface area contributed by atoms with Crippen molar-refractivity contribution in [1.29, 1.82) is 0 Å². The normalized spacial score (nSPS) is 12.7. The van der Waals surface area contributed by atoms with Crippen LogP contribution in [0.25, 0.3) is 0 Å². The summed E-state index contributed by atoms with van der Waals surface area (Å²) in [5.74, 6) is 0. The zero-order valence-electron chi connectivity index (χ0n) is 10.8. The molecule has 0 amide bonds. The second kappa shape index (κ2) is 10.1. The van der Waals surface area contributed by atoms with Crippen LogP contribution in [0.5, 0.6) is 0 Å². The molecule has 0 fully saturated rings. The summed E-state index contributed by atoms with van der Waals surface area (Å²) in [7, 11) is 3.75. The van der Waals surface area contributed by atoms with Crippen LogP contribution >= 0.6 is 0 Å². The van der Waals surface area contributed by atoms with Crippen LogP contribution in [0.2, 0.25) is 0 Å². The molecular formula is C11H25NO3. The Bertz CT molecular complexity index is 149. The van der Waals surface area contributed by atoms with Crippen LogP contribution < -0.4 is 5.32 Å². The van der Waals surface area contributed by atoms with E-state index in [9.17, 15) is 4.79 Å². The van der Waals surface area contributed by atoms with Crippen LogP contribution in [0.3, 0.4) is 0 Å². The summed E-state index contributed by atoms with van der Waals surface area (Å²) >= 11 is 0. The Kier molecular flexibility index (Phi) is 11.4. The van der Waals surface area contributed by atoms with E-state index in [1.54, 1.807) is 13.8 Å². The van der Waals surface area contributed by atoms with Gasteiger partial charge in [0.15, 0.2) is 6.29 Å². The highest BCUT2D eigenvalue weighted by Gasteiger charge is 2.20. The van der Waals surface area contributed by atoms with E-state index in [4.69, 9.17) is 9.47 Å². The minimum Gasteiger partial charge on any atom is -0.379 e. The second-order valence-electron chi connectivity index (χ2n) is 3.81. The monoisotopic (exact) mass is 219 g/mol. The molecule has 0 saturated carbocycles. The molecule has 4 heteroatoms. The minimum atomic E-state index is -0.698. The third-order valence-corrected chi connectivity index (χ3v) is 1.35. The lowest BCUT2D eigenvalue weighted by molar-refractivity contribution is -0.137. The molecule has 0 heterocycles. The summed E-state index contributed by atoms with van der Waals surface area (Å²) in [6, 6.07) is 0. The summed E-state index contributed by atoms with van der Waals surface area (Å²) in [6.45, 7) is 8.51. The van der Waals surface area contributed by atoms with Gasteiger partial charge in [-0.1, -0.05) is 0 Å². The molecule has 0 aliphatic rings. The van der Waals surface area contributed by atoms with Gasteiger partial charge in [-0.05, 0) is 41.8 Å². The first-order chi connectivity index (χ1) is 6.93. The van der Waals surface area contributed by atoms with Gasteiger partial charge in [-0.15, -0.1) is 0 Å². The topological polar surface area (TPSA) is 47.6 Å². The van der Waals surface area contributed by atoms with Gasteiger partial charge in [-0.25, -0.2) is 0 Å². The second-order valence-corrected chi connectivity index (χ2v) is 3.81. The maximum Gasteiger partial charge on any atom is 0.151 e. The fourth-order valence-electron chi connectivity index (χ4n) is 0.864. The molecule has 0 spiro atoms. The molecule has 92 valence electrons. The maximum atomic E-state index is 10.5. The maximum absolute atomic E-state index is 10.5. The highest BCUT2D eigenvalue weighted by molar-refractivity contribution is 5.60. The summed E-state index contributed by atoms with van der Waals surface area (Å²) < 4.78 is 10.5. The lowest BCUT2D eigenvalue weighted by Gasteiger charge is -2.23. The average molecular weight is 219 g/mol. The Hall–Kier alpha value is -0.450. The number of ether oxygens (including phenoxy) is 2. The molecule has 1 unspecified atom stereocenters. The Labute approximate surface area is 93.3 Å². The molecule has 0 aromatic heterocycles. The van der Waals surface area contributed by atoms with E-state index in [2.05, 4.69) is 5.32 Å². The van der Waals surface area contributed by atoms with Gasteiger partial charge >= 0.3 is 0 Å². The number of hydrogen-bond donors (Lipinski definition) is 1. The van der Waals surface area contributed by atoms with Gasteiger partial charge in [-0.2, -0.15) is 0 Å². The first kappa shape index (κ1) is 17.0. The molecule has 0 saturated heterocycles. The predicted molar refractivity (Wildman–Crippen MR) is 62.2 cm³/mol. The standard InChI is InChI=1S/C9H18O3.C2H7N/c1-5-11-6-8(2)12-9(3,4)7-10;1-3-2/h7-8H,5-6H2,1-4H3;3H,1-2H3. The highest BCUT2D eigenvalue weighted by Crippen LogP contribution is 2.08. The van der Waals surface area contributed by atoms with Crippen molar-refractivity contribution in [2.75, 3.05) is 27.3 Å². The van der Waals surface area contributed by atoms with Gasteiger partial charge in [0, 0.05) is 6.61 Å². The fraction of sp³-hybridized carbons (Fsp3) is 0.909. The molecule has 0 radical (unpaired) electrons. The predicted octanol–water partition coefficient (Wildman–Crippen LogP) is 1.24. The quantitative estimate of drug-likeness (QED) is 0.683. The van der Waals surface area contributed by atoms with Crippen molar-refractivity contribution in [3.05, 3.63) is 0 Å². The molecule has 0 aromatic carbocycles. The van der Waals surface area contributed by atoms with Crippen LogP contribution in [0.15, 0.2) is 0 Å². The molecule has 1 atom stereocenters. The van der Waals surface area contributed by atoms with E-state index >= 15 is 0 Å². The number of nitrogens with one attached hydrogen (secondary N) is 1. The molecular weight excluding hydrogens is 194 g/mol. The number of carbonyl (C=O) groups is 1. The highest BCUT2D eigenvalue weighted by atomic mass is 16.5. The summed E-state index contributed by atoms with van der Waals surface area (Å²) in [5.41, 5.74) is -0.698. The van der Waals surface area contributed by atoms with Gasteiger partial charge in [-0.3, -0.25) is 0 Å². The zero-order chi connectivity index (χ0) is 12.3. The van der Waals surface area contributed by atoms with Crippen LogP contribution in [-0.2, 0) is 14.3 Å². The van der Waals surface area contributed by atoms with Crippen LogP contribution in [0.4, 0.5) is 0 Å². The molecule has 0 bridgehead atoms. The Morgan fingerprint density at radius 3 is 2.20 bits per heavy atom. The third kappa shape index (κ3) is 13.6. The van der Waals surface area contributed by atoms with Crippen LogP contribution in [0.1, 0.15) is 27.7 Å². The Morgan fingerprint density at radius 1 is 1.40 bits per heavy atom. The van der Waals surface area contributed by atoms with Gasteiger partial charge < -0.3 is 19.6 Å². The van der Waals surface area contributed by atoms with Gasteiger partial charge in [0.2, 0.25) is 0 Å². The smallest absolute Gasteiger partial charge is 0.151 e. The molecule has 15 heavy (non-hydrogen) atoms. The largest absolute Gasteiger partial charge is 0.379 e. The molecule has 0 rings (SSSR count). The number of hydrogen-bond acceptors (Lipinski definition) is 4. The van der Waals surface area contributed by atoms with E-state index in [0.29, 0.717) is 13.2 Å². The lowest BCUT2D eigenvalue weighted by Crippen LogP contribution is -2.32. The number of rotatable bonds is 6. The van der Waals surface area contributed by atoms with Crippen molar-refractivity contribution in [2.45, 2.75) is 39.4 Å². The fourth-order valence-corrected chi connectivity index (χ4v) is 0.864. The summed E-state index contributed by atoms with van der Waals surface area (Å²) in [5, 5.41) is 2.75. The van der Waals surface area contributed by atoms with Crippen molar-refractivity contribution in [2.24, 2.45) is 0 Å². The van der Waals surface area contributed by atoms with Crippen molar-refractivity contribution in [1.82, 2.24) is 5.32 Å². The third-order valence-electron chi connectivity index (χ3n) is 1.35. The van der Waals surface area contributed by atoms with E-state index < -0.39 is 5.60 Å². The van der Waals surface area contributed by atoms with Gasteiger partial charge in [0.05, 0.1) is 12.7 Å². The van der Waals surface area contributed by atoms with E-state index in [1.165, 1.54) is 0 Å². The first-order valence-corrected chi connectivity index (χ1v) is 5.23. The van der Waals surface area contributed by atoms with Crippen molar-refractivity contribution >= 4 is 6.29 Å². The Balaban J connectivity index is 0. The summed E-state index contributed by atoms with van der Waals surface area (Å²) in [6.07, 6.45) is 0.764. The van der Waals surface area contributed by atoms with E-state index in [-0.39, 0.29) is 6.10 Å². The van der Waals surface area contributed by atoms with E-state index in [0.717, 1.165) is 6.29 Å². The van der Waals surface area contributed by atoms with Crippen molar-refractivity contribution in [3.63, 3.8) is 0 Å². The average Bonchev–Trinajstić information content (AvgIpc) is 2.15. The lowest BCUT2D eigenvalue weighted by atomic mass is 10.2. The minimum absolute atomic E-state index is 0.0369. The van der Waals surface area contributed by atoms with Gasteiger partial charge in [0.1, 0.15) is 5.60 Å². The SMILES string of the molecule is CCOCC(C)OC(C)(C)C=O.CNC. The van der Waals surface area contributed by atoms with Crippen molar-refractivity contribution < 1.29 is 14.3 Å². The number of carbonyl (C=O) groups excluding carboxylic acids is 1. The van der Waals surface area contributed by atoms with Crippen molar-refractivity contribution in [3.8, 4) is 0 Å². The first-order valence-electron chi connectivity index (χ1n) is 5.23. The molecule has 0 aliphatic carbocycles. The molecule has 4 nitrogen and oxygen atoms in total. The molecule has 0 aromatic rings. The van der Waals surface area contributed by atoms with Crippen LogP contribution in [-0.4, -0.2) is 45.3 Å². The van der Waals surface area contributed by atoms with Crippen LogP contribution in [0, 0.1) is 0 Å². The van der Waals surface area contributed by atoms with E-state index in [1.807, 2.05) is 27.9 Å². The zero-order valence-corrected chi connectivity index (χ0v) is 10.8.